The zero-order valence-electron chi connectivity index (χ0n) is 10.0. The second-order valence-electron chi connectivity index (χ2n) is 5.42. The van der Waals surface area contributed by atoms with Crippen LogP contribution in [-0.4, -0.2) is 13.1 Å². The lowest BCUT2D eigenvalue weighted by atomic mass is 9.77. The molecule has 0 bridgehead atoms. The summed E-state index contributed by atoms with van der Waals surface area (Å²) in [6.45, 7) is 0. The Morgan fingerprint density at radius 3 is 2.50 bits per heavy atom. The van der Waals surface area contributed by atoms with E-state index in [2.05, 4.69) is 42.7 Å². The monoisotopic (exact) mass is 215 g/mol. The number of rotatable bonds is 4. The summed E-state index contributed by atoms with van der Waals surface area (Å²) < 4.78 is 0. The molecule has 1 aromatic rings. The third-order valence-corrected chi connectivity index (χ3v) is 4.52. The smallest absolute Gasteiger partial charge is 0.0127 e. The van der Waals surface area contributed by atoms with E-state index in [-0.39, 0.29) is 0 Å². The van der Waals surface area contributed by atoms with Crippen molar-refractivity contribution in [3.05, 3.63) is 35.9 Å². The SMILES string of the molecule is CNC(C1CCC1)C1CC1c1ccccc1. The molecule has 16 heavy (non-hydrogen) atoms. The average molecular weight is 215 g/mol. The highest BCUT2D eigenvalue weighted by Crippen LogP contribution is 2.52. The summed E-state index contributed by atoms with van der Waals surface area (Å²) in [6, 6.07) is 11.8. The molecule has 0 amide bonds. The Morgan fingerprint density at radius 2 is 1.94 bits per heavy atom. The fourth-order valence-corrected chi connectivity index (χ4v) is 3.29. The molecule has 1 aromatic carbocycles. The van der Waals surface area contributed by atoms with Gasteiger partial charge in [-0.25, -0.2) is 0 Å². The molecular formula is C15H21N. The first-order valence-electron chi connectivity index (χ1n) is 6.62. The predicted octanol–water partition coefficient (Wildman–Crippen LogP) is 3.18. The van der Waals surface area contributed by atoms with Crippen LogP contribution in [0.15, 0.2) is 30.3 Å². The maximum atomic E-state index is 3.57. The number of benzene rings is 1. The Kier molecular flexibility index (Phi) is 2.72. The second-order valence-corrected chi connectivity index (χ2v) is 5.42. The van der Waals surface area contributed by atoms with Crippen LogP contribution in [0, 0.1) is 11.8 Å². The standard InChI is InChI=1S/C15H21N/c1-16-15(12-8-5-9-12)14-10-13(14)11-6-3-2-4-7-11/h2-4,6-7,12-16H,5,8-10H2,1H3. The maximum absolute atomic E-state index is 3.57. The van der Waals surface area contributed by atoms with Crippen LogP contribution in [-0.2, 0) is 0 Å². The van der Waals surface area contributed by atoms with Crippen LogP contribution in [0.3, 0.4) is 0 Å². The maximum Gasteiger partial charge on any atom is 0.0127 e. The zero-order chi connectivity index (χ0) is 11.0. The number of nitrogens with one attached hydrogen (secondary N) is 1. The Morgan fingerprint density at radius 1 is 1.19 bits per heavy atom. The van der Waals surface area contributed by atoms with Crippen LogP contribution in [0.1, 0.15) is 37.2 Å². The molecule has 2 fully saturated rings. The predicted molar refractivity (Wildman–Crippen MR) is 67.5 cm³/mol. The van der Waals surface area contributed by atoms with Crippen LogP contribution in [0.4, 0.5) is 0 Å². The lowest BCUT2D eigenvalue weighted by Crippen LogP contribution is -2.39. The molecule has 1 nitrogen and oxygen atoms in total. The number of hydrogen-bond donors (Lipinski definition) is 1. The summed E-state index contributed by atoms with van der Waals surface area (Å²) in [4.78, 5) is 0. The fraction of sp³-hybridized carbons (Fsp3) is 0.600. The van der Waals surface area contributed by atoms with E-state index in [4.69, 9.17) is 0 Å². The molecule has 2 aliphatic carbocycles. The normalized spacial score (nSPS) is 30.8. The molecule has 1 heteroatoms. The third kappa shape index (κ3) is 1.78. The average Bonchev–Trinajstić information content (AvgIpc) is 3.04. The molecule has 2 saturated carbocycles. The molecule has 1 N–H and O–H groups in total. The van der Waals surface area contributed by atoms with Crippen molar-refractivity contribution in [2.75, 3.05) is 7.05 Å². The molecule has 3 unspecified atom stereocenters. The summed E-state index contributed by atoms with van der Waals surface area (Å²) in [6.07, 6.45) is 5.74. The van der Waals surface area contributed by atoms with E-state index in [0.29, 0.717) is 0 Å². The summed E-state index contributed by atoms with van der Waals surface area (Å²) >= 11 is 0. The highest BCUT2D eigenvalue weighted by atomic mass is 14.9. The van der Waals surface area contributed by atoms with E-state index < -0.39 is 0 Å². The van der Waals surface area contributed by atoms with E-state index in [1.54, 1.807) is 5.56 Å². The highest BCUT2D eigenvalue weighted by Gasteiger charge is 2.46. The molecule has 3 atom stereocenters. The Hall–Kier alpha value is -0.820. The van der Waals surface area contributed by atoms with Gasteiger partial charge in [-0.15, -0.1) is 0 Å². The van der Waals surface area contributed by atoms with Crippen molar-refractivity contribution in [1.29, 1.82) is 0 Å². The van der Waals surface area contributed by atoms with Gasteiger partial charge in [-0.2, -0.15) is 0 Å². The van der Waals surface area contributed by atoms with Gasteiger partial charge in [-0.05, 0) is 49.6 Å². The molecule has 0 aromatic heterocycles. The van der Waals surface area contributed by atoms with E-state index >= 15 is 0 Å². The molecule has 0 saturated heterocycles. The second kappa shape index (κ2) is 4.21. The first-order chi connectivity index (χ1) is 7.90. The van der Waals surface area contributed by atoms with Crippen LogP contribution >= 0.6 is 0 Å². The first kappa shape index (κ1) is 10.3. The lowest BCUT2D eigenvalue weighted by Gasteiger charge is -2.34. The van der Waals surface area contributed by atoms with Crippen molar-refractivity contribution in [2.24, 2.45) is 11.8 Å². The molecule has 0 aliphatic heterocycles. The van der Waals surface area contributed by atoms with Gasteiger partial charge in [0, 0.05) is 6.04 Å². The van der Waals surface area contributed by atoms with Crippen molar-refractivity contribution in [2.45, 2.75) is 37.6 Å². The first-order valence-corrected chi connectivity index (χ1v) is 6.62. The van der Waals surface area contributed by atoms with E-state index in [0.717, 1.165) is 23.8 Å². The summed E-state index contributed by atoms with van der Waals surface area (Å²) in [5.74, 6) is 2.70. The summed E-state index contributed by atoms with van der Waals surface area (Å²) in [5.41, 5.74) is 1.55. The van der Waals surface area contributed by atoms with Crippen LogP contribution in [0.5, 0.6) is 0 Å². The van der Waals surface area contributed by atoms with Gasteiger partial charge in [0.05, 0.1) is 0 Å². The summed E-state index contributed by atoms with van der Waals surface area (Å²) in [7, 11) is 2.14. The van der Waals surface area contributed by atoms with Gasteiger partial charge in [-0.3, -0.25) is 0 Å². The minimum atomic E-state index is 0.777. The van der Waals surface area contributed by atoms with Gasteiger partial charge in [0.15, 0.2) is 0 Å². The Balaban J connectivity index is 1.66. The summed E-state index contributed by atoms with van der Waals surface area (Å²) in [5, 5.41) is 3.57. The minimum Gasteiger partial charge on any atom is -0.316 e. The molecule has 0 spiro atoms. The van der Waals surface area contributed by atoms with Crippen molar-refractivity contribution in [3.8, 4) is 0 Å². The Labute approximate surface area is 98.3 Å². The van der Waals surface area contributed by atoms with Crippen molar-refractivity contribution >= 4 is 0 Å². The quantitative estimate of drug-likeness (QED) is 0.813. The molecule has 86 valence electrons. The molecular weight excluding hydrogens is 194 g/mol. The third-order valence-electron chi connectivity index (χ3n) is 4.52. The van der Waals surface area contributed by atoms with Gasteiger partial charge in [0.1, 0.15) is 0 Å². The minimum absolute atomic E-state index is 0.777. The molecule has 0 radical (unpaired) electrons. The molecule has 0 heterocycles. The van der Waals surface area contributed by atoms with Gasteiger partial charge in [0.2, 0.25) is 0 Å². The van der Waals surface area contributed by atoms with Crippen molar-refractivity contribution in [3.63, 3.8) is 0 Å². The van der Waals surface area contributed by atoms with Gasteiger partial charge in [0.25, 0.3) is 0 Å². The van der Waals surface area contributed by atoms with Gasteiger partial charge < -0.3 is 5.32 Å². The molecule has 2 aliphatic rings. The van der Waals surface area contributed by atoms with Crippen LogP contribution in [0.2, 0.25) is 0 Å². The highest BCUT2D eigenvalue weighted by molar-refractivity contribution is 5.27. The van der Waals surface area contributed by atoms with Crippen LogP contribution in [0.25, 0.3) is 0 Å². The van der Waals surface area contributed by atoms with Gasteiger partial charge >= 0.3 is 0 Å². The Bertz CT molecular complexity index is 342. The van der Waals surface area contributed by atoms with Crippen molar-refractivity contribution in [1.82, 2.24) is 5.32 Å². The van der Waals surface area contributed by atoms with Gasteiger partial charge in [-0.1, -0.05) is 36.8 Å². The van der Waals surface area contributed by atoms with E-state index in [1.165, 1.54) is 25.7 Å². The van der Waals surface area contributed by atoms with E-state index in [9.17, 15) is 0 Å². The van der Waals surface area contributed by atoms with Crippen molar-refractivity contribution < 1.29 is 0 Å². The van der Waals surface area contributed by atoms with E-state index in [1.807, 2.05) is 0 Å². The topological polar surface area (TPSA) is 12.0 Å². The van der Waals surface area contributed by atoms with Crippen LogP contribution < -0.4 is 5.32 Å². The zero-order valence-corrected chi connectivity index (χ0v) is 10.0. The fourth-order valence-electron chi connectivity index (χ4n) is 3.29. The molecule has 3 rings (SSSR count). The lowest BCUT2D eigenvalue weighted by molar-refractivity contribution is 0.216. The number of hydrogen-bond acceptors (Lipinski definition) is 1. The largest absolute Gasteiger partial charge is 0.316 e.